The Morgan fingerprint density at radius 3 is 2.63 bits per heavy atom. The number of aromatic nitrogens is 1. The largest absolute Gasteiger partial charge is 0.444 e. The minimum absolute atomic E-state index is 0.208. The van der Waals surface area contributed by atoms with Crippen LogP contribution in [0, 0.1) is 0 Å². The smallest absolute Gasteiger partial charge is 0.413 e. The summed E-state index contributed by atoms with van der Waals surface area (Å²) in [6.07, 6.45) is 1.04. The third-order valence-electron chi connectivity index (χ3n) is 4.00. The predicted molar refractivity (Wildman–Crippen MR) is 122 cm³/mol. The van der Waals surface area contributed by atoms with E-state index in [2.05, 4.69) is 15.6 Å². The number of rotatable bonds is 5. The molecule has 2 N–H and O–H groups in total. The van der Waals surface area contributed by atoms with Crippen LogP contribution in [-0.4, -0.2) is 22.6 Å². The van der Waals surface area contributed by atoms with Crippen molar-refractivity contribution in [3.8, 4) is 0 Å². The number of halogens is 2. The van der Waals surface area contributed by atoms with Gasteiger partial charge < -0.3 is 10.1 Å². The quantitative estimate of drug-likeness (QED) is 0.455. The van der Waals surface area contributed by atoms with E-state index >= 15 is 0 Å². The van der Waals surface area contributed by atoms with E-state index in [9.17, 15) is 9.59 Å². The topological polar surface area (TPSA) is 80.3 Å². The number of amides is 2. The van der Waals surface area contributed by atoms with Gasteiger partial charge in [-0.05, 0) is 49.9 Å². The average Bonchev–Trinajstić information content (AvgIpc) is 3.05. The molecule has 0 unspecified atom stereocenters. The van der Waals surface area contributed by atoms with Crippen LogP contribution in [0.4, 0.5) is 10.6 Å². The van der Waals surface area contributed by atoms with Crippen molar-refractivity contribution in [2.75, 3.05) is 5.32 Å². The van der Waals surface area contributed by atoms with E-state index < -0.39 is 11.7 Å². The highest BCUT2D eigenvalue weighted by atomic mass is 35.5. The summed E-state index contributed by atoms with van der Waals surface area (Å²) in [5, 5.41) is 7.72. The van der Waals surface area contributed by atoms with E-state index in [0.717, 1.165) is 21.2 Å². The van der Waals surface area contributed by atoms with Gasteiger partial charge in [0.1, 0.15) is 11.4 Å². The molecule has 158 valence electrons. The van der Waals surface area contributed by atoms with Gasteiger partial charge in [-0.2, -0.15) is 0 Å². The average molecular weight is 466 g/mol. The first kappa shape index (κ1) is 22.3. The number of anilines is 1. The minimum Gasteiger partial charge on any atom is -0.444 e. The Morgan fingerprint density at radius 2 is 1.97 bits per heavy atom. The fourth-order valence-electron chi connectivity index (χ4n) is 2.72. The maximum Gasteiger partial charge on any atom is 0.413 e. The maximum absolute atomic E-state index is 12.4. The fraction of sp³-hybridized carbons (Fsp3) is 0.286. The summed E-state index contributed by atoms with van der Waals surface area (Å²) in [7, 11) is 0. The molecule has 0 aliphatic carbocycles. The van der Waals surface area contributed by atoms with Crippen LogP contribution in [0.1, 0.15) is 40.9 Å². The number of fused-ring (bicyclic) bond motifs is 1. The van der Waals surface area contributed by atoms with Crippen molar-refractivity contribution in [1.29, 1.82) is 0 Å². The van der Waals surface area contributed by atoms with Crippen LogP contribution >= 0.6 is 34.5 Å². The summed E-state index contributed by atoms with van der Waals surface area (Å²) in [6, 6.07) is 9.12. The molecule has 0 saturated carbocycles. The summed E-state index contributed by atoms with van der Waals surface area (Å²) in [6.45, 7) is 5.73. The van der Waals surface area contributed by atoms with Gasteiger partial charge >= 0.3 is 6.09 Å². The number of nitrogens with zero attached hydrogens (tertiary/aromatic N) is 1. The van der Waals surface area contributed by atoms with E-state index in [4.69, 9.17) is 27.9 Å². The number of carbonyl (C=O) groups is 2. The van der Waals surface area contributed by atoms with Gasteiger partial charge in [0.05, 0.1) is 15.8 Å². The molecule has 0 atom stereocenters. The normalized spacial score (nSPS) is 11.4. The van der Waals surface area contributed by atoms with E-state index in [-0.39, 0.29) is 11.8 Å². The Bertz CT molecular complexity index is 1090. The zero-order valence-electron chi connectivity index (χ0n) is 16.7. The van der Waals surface area contributed by atoms with E-state index in [0.29, 0.717) is 22.3 Å². The first-order valence-electron chi connectivity index (χ1n) is 9.16. The van der Waals surface area contributed by atoms with Crippen molar-refractivity contribution < 1.29 is 14.3 Å². The van der Waals surface area contributed by atoms with Gasteiger partial charge in [-0.1, -0.05) is 23.7 Å². The van der Waals surface area contributed by atoms with Crippen molar-refractivity contribution in [3.63, 3.8) is 0 Å². The second-order valence-corrected chi connectivity index (χ2v) is 9.35. The van der Waals surface area contributed by atoms with Gasteiger partial charge in [-0.25, -0.2) is 9.78 Å². The predicted octanol–water partition coefficient (Wildman–Crippen LogP) is 5.97. The molecule has 3 aromatic rings. The van der Waals surface area contributed by atoms with Crippen LogP contribution < -0.4 is 10.6 Å². The summed E-state index contributed by atoms with van der Waals surface area (Å²) < 4.78 is 5.29. The lowest BCUT2D eigenvalue weighted by atomic mass is 10.1. The number of hydrogen-bond donors (Lipinski definition) is 2. The Hall–Kier alpha value is -2.35. The SMILES string of the molecule is CC(C)(C)OC(=O)Nc1nccc2cc(CNC(=O)c3cc(Cl)c(CCl)s3)ccc12. The maximum atomic E-state index is 12.4. The van der Waals surface area contributed by atoms with E-state index in [1.807, 2.05) is 24.3 Å². The van der Waals surface area contributed by atoms with Crippen molar-refractivity contribution in [1.82, 2.24) is 10.3 Å². The lowest BCUT2D eigenvalue weighted by molar-refractivity contribution is 0.0635. The monoisotopic (exact) mass is 465 g/mol. The molecular formula is C21H21Cl2N3O3S. The minimum atomic E-state index is -0.600. The summed E-state index contributed by atoms with van der Waals surface area (Å²) >= 11 is 13.1. The number of ether oxygens (including phenoxy) is 1. The van der Waals surface area contributed by atoms with Gasteiger partial charge in [0.25, 0.3) is 5.91 Å². The highest BCUT2D eigenvalue weighted by Gasteiger charge is 2.17. The summed E-state index contributed by atoms with van der Waals surface area (Å²) in [5.41, 5.74) is 0.308. The van der Waals surface area contributed by atoms with Crippen molar-refractivity contribution in [3.05, 3.63) is 56.9 Å². The molecule has 2 amide bonds. The molecule has 0 aliphatic heterocycles. The third-order valence-corrected chi connectivity index (χ3v) is 6.01. The molecule has 0 radical (unpaired) electrons. The zero-order chi connectivity index (χ0) is 21.9. The Kier molecular flexibility index (Phi) is 6.85. The van der Waals surface area contributed by atoms with Crippen molar-refractivity contribution >= 4 is 63.1 Å². The van der Waals surface area contributed by atoms with E-state index in [1.165, 1.54) is 11.3 Å². The lowest BCUT2D eigenvalue weighted by Gasteiger charge is -2.19. The summed E-state index contributed by atoms with van der Waals surface area (Å²) in [4.78, 5) is 30.0. The number of thiophene rings is 1. The molecule has 2 heterocycles. The third kappa shape index (κ3) is 5.62. The number of hydrogen-bond acceptors (Lipinski definition) is 5. The Balaban J connectivity index is 1.71. The molecule has 9 heteroatoms. The van der Waals surface area contributed by atoms with Crippen molar-refractivity contribution in [2.24, 2.45) is 0 Å². The molecular weight excluding hydrogens is 445 g/mol. The molecule has 0 aliphatic rings. The molecule has 0 saturated heterocycles. The number of pyridine rings is 1. The Morgan fingerprint density at radius 1 is 1.20 bits per heavy atom. The van der Waals surface area contributed by atoms with Gasteiger partial charge in [0, 0.05) is 23.0 Å². The first-order chi connectivity index (χ1) is 14.2. The number of nitrogens with one attached hydrogen (secondary N) is 2. The first-order valence-corrected chi connectivity index (χ1v) is 10.9. The molecule has 3 rings (SSSR count). The second-order valence-electron chi connectivity index (χ2n) is 7.54. The molecule has 30 heavy (non-hydrogen) atoms. The number of benzene rings is 1. The molecule has 1 aromatic carbocycles. The second kappa shape index (κ2) is 9.20. The standard InChI is InChI=1S/C21H21Cl2N3O3S/c1-21(2,3)29-20(28)26-18-14-5-4-12(8-13(14)6-7-24-18)11-25-19(27)16-9-15(23)17(10-22)30-16/h4-9H,10-11H2,1-3H3,(H,25,27)(H,24,26,28). The summed E-state index contributed by atoms with van der Waals surface area (Å²) in [5.74, 6) is 0.481. The lowest BCUT2D eigenvalue weighted by Crippen LogP contribution is -2.27. The van der Waals surface area contributed by atoms with Crippen molar-refractivity contribution in [2.45, 2.75) is 38.8 Å². The number of carbonyl (C=O) groups excluding carboxylic acids is 2. The van der Waals surface area contributed by atoms with Gasteiger partial charge in [0.15, 0.2) is 0 Å². The molecule has 2 aromatic heterocycles. The van der Waals surface area contributed by atoms with Crippen LogP contribution in [0.2, 0.25) is 5.02 Å². The molecule has 0 spiro atoms. The van der Waals surface area contributed by atoms with Gasteiger partial charge in [0.2, 0.25) is 0 Å². The Labute approximate surface area is 188 Å². The molecule has 6 nitrogen and oxygen atoms in total. The highest BCUT2D eigenvalue weighted by molar-refractivity contribution is 7.14. The van der Waals surface area contributed by atoms with E-state index in [1.54, 1.807) is 33.0 Å². The van der Waals surface area contributed by atoms with Crippen LogP contribution in [-0.2, 0) is 17.2 Å². The van der Waals surface area contributed by atoms with Crippen LogP contribution in [0.3, 0.4) is 0 Å². The molecule has 0 bridgehead atoms. The fourth-order valence-corrected chi connectivity index (χ4v) is 4.27. The molecule has 0 fully saturated rings. The van der Waals surface area contributed by atoms with Crippen LogP contribution in [0.5, 0.6) is 0 Å². The van der Waals surface area contributed by atoms with Crippen LogP contribution in [0.25, 0.3) is 10.8 Å². The zero-order valence-corrected chi connectivity index (χ0v) is 19.0. The number of alkyl halides is 1. The van der Waals surface area contributed by atoms with Gasteiger partial charge in [-0.15, -0.1) is 22.9 Å². The highest BCUT2D eigenvalue weighted by Crippen LogP contribution is 2.28. The van der Waals surface area contributed by atoms with Gasteiger partial charge in [-0.3, -0.25) is 10.1 Å². The van der Waals surface area contributed by atoms with Crippen LogP contribution in [0.15, 0.2) is 36.5 Å².